The van der Waals surface area contributed by atoms with Crippen LogP contribution in [0.1, 0.15) is 37.3 Å². The number of ether oxygens (including phenoxy) is 2. The van der Waals surface area contributed by atoms with Crippen molar-refractivity contribution in [1.82, 2.24) is 4.90 Å². The van der Waals surface area contributed by atoms with E-state index in [1.165, 1.54) is 0 Å². The fraction of sp³-hybridized carbons (Fsp3) is 0.559. The normalized spacial score (nSPS) is 34.5. The van der Waals surface area contributed by atoms with Crippen molar-refractivity contribution in [2.24, 2.45) is 5.92 Å². The third kappa shape index (κ3) is 6.21. The van der Waals surface area contributed by atoms with Crippen molar-refractivity contribution in [3.8, 4) is 0 Å². The number of carbonyl (C=O) groups is 3. The molecule has 15 heteroatoms. The van der Waals surface area contributed by atoms with E-state index in [2.05, 4.69) is 5.32 Å². The molecule has 266 valence electrons. The number of likely N-dealkylation sites (tertiary alicyclic amines) is 1. The molecule has 4 aliphatic rings. The number of benzene rings is 2. The van der Waals surface area contributed by atoms with Crippen molar-refractivity contribution in [3.05, 3.63) is 59.7 Å². The average molecular weight is 700 g/mol. The molecule has 0 unspecified atom stereocenters. The van der Waals surface area contributed by atoms with Crippen LogP contribution in [0.5, 0.6) is 0 Å². The number of hydrogen-bond acceptors (Lipinski definition) is 11. The van der Waals surface area contributed by atoms with Gasteiger partial charge in [-0.05, 0) is 49.7 Å². The van der Waals surface area contributed by atoms with Gasteiger partial charge in [-0.15, -0.1) is 0 Å². The quantitative estimate of drug-likeness (QED) is 0.184. The summed E-state index contributed by atoms with van der Waals surface area (Å²) in [6, 6.07) is 13.7. The number of anilines is 2. The largest absolute Gasteiger partial charge is 0.432 e. The van der Waals surface area contributed by atoms with Crippen LogP contribution < -0.4 is 10.2 Å². The Bertz CT molecular complexity index is 1570. The first-order valence-electron chi connectivity index (χ1n) is 16.7. The number of nitrogens with zero attached hydrogens (tertiary/aromatic N) is 2. The molecule has 2 aromatic carbocycles. The van der Waals surface area contributed by atoms with Crippen LogP contribution in [0.3, 0.4) is 0 Å². The Hall–Kier alpha value is -3.25. The monoisotopic (exact) mass is 699 g/mol. The number of hydrogen-bond donors (Lipinski definition) is 7. The molecule has 3 fully saturated rings. The zero-order valence-corrected chi connectivity index (χ0v) is 28.7. The van der Waals surface area contributed by atoms with Crippen molar-refractivity contribution in [1.29, 1.82) is 0 Å². The van der Waals surface area contributed by atoms with Crippen molar-refractivity contribution in [3.63, 3.8) is 0 Å². The summed E-state index contributed by atoms with van der Waals surface area (Å²) in [4.78, 5) is 55.7. The van der Waals surface area contributed by atoms with Gasteiger partial charge in [-0.2, -0.15) is 0 Å². The Morgan fingerprint density at radius 2 is 1.71 bits per heavy atom. The van der Waals surface area contributed by atoms with E-state index in [-0.39, 0.29) is 37.4 Å². The lowest BCUT2D eigenvalue weighted by Crippen LogP contribution is -2.60. The SMILES string of the molecule is C[C@@H]1[C@@H]([Si](C)(C)O)[C@H](CC(=O)N2CCC[C@H]2CO)O[C@@]12C(=O)N(Cc1ccc(NC(=O)[C@H]3O[C@@H](O)[C@H](O)[C@@H](O)[C@@H]3O)cc1)c1ccccc12. The minimum Gasteiger partial charge on any atom is -0.432 e. The highest BCUT2D eigenvalue weighted by molar-refractivity contribution is 6.71. The molecule has 49 heavy (non-hydrogen) atoms. The lowest BCUT2D eigenvalue weighted by Gasteiger charge is -2.37. The van der Waals surface area contributed by atoms with E-state index < -0.39 is 68.1 Å². The van der Waals surface area contributed by atoms with Crippen LogP contribution >= 0.6 is 0 Å². The number of aliphatic hydroxyl groups is 5. The summed E-state index contributed by atoms with van der Waals surface area (Å²) in [6.07, 6.45) is -7.97. The molecule has 4 heterocycles. The second-order valence-electron chi connectivity index (χ2n) is 14.1. The van der Waals surface area contributed by atoms with Gasteiger partial charge < -0.3 is 54.9 Å². The van der Waals surface area contributed by atoms with Crippen LogP contribution in [0.2, 0.25) is 18.6 Å². The molecule has 1 spiro atoms. The van der Waals surface area contributed by atoms with Gasteiger partial charge in [-0.1, -0.05) is 37.3 Å². The van der Waals surface area contributed by atoms with Gasteiger partial charge in [0.25, 0.3) is 11.8 Å². The second kappa shape index (κ2) is 13.5. The van der Waals surface area contributed by atoms with E-state index in [0.29, 0.717) is 23.5 Å². The average Bonchev–Trinajstić information content (AvgIpc) is 3.73. The molecule has 0 radical (unpaired) electrons. The zero-order valence-electron chi connectivity index (χ0n) is 27.7. The number of amides is 3. The third-order valence-electron chi connectivity index (χ3n) is 10.6. The lowest BCUT2D eigenvalue weighted by molar-refractivity contribution is -0.274. The highest BCUT2D eigenvalue weighted by Gasteiger charge is 2.66. The molecule has 3 saturated heterocycles. The molecule has 7 N–H and O–H groups in total. The standard InChI is InChI=1S/C34H45N3O11Si/c1-18-30(49(2,3)46)24(15-25(39)36-14-6-7-21(36)17-38)48-34(18)22-8-4-5-9-23(22)37(33(34)45)16-19-10-12-20(13-11-19)35-31(43)29-27(41)26(40)28(42)32(44)47-29/h4-5,8-13,18,21,24,26-30,32,38,40-42,44,46H,6-7,14-17H2,1-3H3,(H,35,43)/t18-,21+,24+,26+,27+,28-,29+,30-,32-,34+/m1/s1. The van der Waals surface area contributed by atoms with Gasteiger partial charge in [0.15, 0.2) is 26.3 Å². The van der Waals surface area contributed by atoms with E-state index in [1.807, 2.05) is 31.2 Å². The van der Waals surface area contributed by atoms with E-state index in [0.717, 1.165) is 18.4 Å². The van der Waals surface area contributed by atoms with Crippen LogP contribution in [0.4, 0.5) is 11.4 Å². The number of fused-ring (bicyclic) bond motifs is 2. The first kappa shape index (κ1) is 35.6. The Balaban J connectivity index is 1.22. The summed E-state index contributed by atoms with van der Waals surface area (Å²) in [6.45, 7) is 6.10. The van der Waals surface area contributed by atoms with Gasteiger partial charge in [0.2, 0.25) is 5.91 Å². The number of rotatable bonds is 8. The molecule has 6 rings (SSSR count). The number of para-hydroxylation sites is 1. The fourth-order valence-corrected chi connectivity index (χ4v) is 10.8. The summed E-state index contributed by atoms with van der Waals surface area (Å²) >= 11 is 0. The Kier molecular flexibility index (Phi) is 9.77. The minimum absolute atomic E-state index is 0.00565. The molecule has 4 aliphatic heterocycles. The predicted molar refractivity (Wildman–Crippen MR) is 177 cm³/mol. The molecular weight excluding hydrogens is 654 g/mol. The molecule has 14 nitrogen and oxygen atoms in total. The van der Waals surface area contributed by atoms with Crippen LogP contribution in [0.25, 0.3) is 0 Å². The Morgan fingerprint density at radius 1 is 1.02 bits per heavy atom. The van der Waals surface area contributed by atoms with Gasteiger partial charge >= 0.3 is 0 Å². The predicted octanol–water partition coefficient (Wildman–Crippen LogP) is 0.143. The summed E-state index contributed by atoms with van der Waals surface area (Å²) < 4.78 is 11.8. The zero-order chi connectivity index (χ0) is 35.4. The summed E-state index contributed by atoms with van der Waals surface area (Å²) in [7, 11) is -2.99. The van der Waals surface area contributed by atoms with Crippen LogP contribution in [0.15, 0.2) is 48.5 Å². The maximum Gasteiger partial charge on any atom is 0.264 e. The molecule has 0 aromatic heterocycles. The summed E-state index contributed by atoms with van der Waals surface area (Å²) in [5.41, 5.74) is 0.522. The van der Waals surface area contributed by atoms with Crippen LogP contribution in [-0.2, 0) is 36.0 Å². The number of nitrogens with one attached hydrogen (secondary N) is 1. The highest BCUT2D eigenvalue weighted by atomic mass is 28.4. The second-order valence-corrected chi connectivity index (χ2v) is 18.1. The summed E-state index contributed by atoms with van der Waals surface area (Å²) in [5, 5.41) is 51.9. The van der Waals surface area contributed by atoms with Crippen LogP contribution in [-0.4, -0.2) is 117 Å². The van der Waals surface area contributed by atoms with Crippen molar-refractivity contribution in [2.75, 3.05) is 23.4 Å². The molecule has 3 amide bonds. The number of aliphatic hydroxyl groups excluding tert-OH is 5. The maximum atomic E-state index is 14.6. The van der Waals surface area contributed by atoms with Gasteiger partial charge in [0.1, 0.15) is 18.3 Å². The van der Waals surface area contributed by atoms with E-state index in [1.54, 1.807) is 47.2 Å². The van der Waals surface area contributed by atoms with Crippen molar-refractivity contribution in [2.45, 2.75) is 99.8 Å². The van der Waals surface area contributed by atoms with Gasteiger partial charge in [-0.25, -0.2) is 0 Å². The fourth-order valence-electron chi connectivity index (χ4n) is 8.20. The van der Waals surface area contributed by atoms with E-state index in [4.69, 9.17) is 9.47 Å². The molecule has 10 atom stereocenters. The molecular formula is C34H45N3O11Si. The maximum absolute atomic E-state index is 14.6. The lowest BCUT2D eigenvalue weighted by atomic mass is 9.82. The first-order valence-corrected chi connectivity index (χ1v) is 19.7. The van der Waals surface area contributed by atoms with Gasteiger partial charge in [0, 0.05) is 29.3 Å². The molecule has 2 aromatic rings. The molecule has 0 aliphatic carbocycles. The smallest absolute Gasteiger partial charge is 0.264 e. The van der Waals surface area contributed by atoms with Gasteiger partial charge in [-0.3, -0.25) is 14.4 Å². The third-order valence-corrected chi connectivity index (χ3v) is 13.1. The van der Waals surface area contributed by atoms with Crippen molar-refractivity contribution < 1.29 is 54.2 Å². The Morgan fingerprint density at radius 3 is 2.39 bits per heavy atom. The Labute approximate surface area is 285 Å². The summed E-state index contributed by atoms with van der Waals surface area (Å²) in [5.74, 6) is -1.74. The van der Waals surface area contributed by atoms with E-state index >= 15 is 0 Å². The number of carbonyl (C=O) groups excluding carboxylic acids is 3. The topological polar surface area (TPSA) is 210 Å². The minimum atomic E-state index is -2.99. The molecule has 0 saturated carbocycles. The van der Waals surface area contributed by atoms with Crippen LogP contribution in [0, 0.1) is 5.92 Å². The van der Waals surface area contributed by atoms with E-state index in [9.17, 15) is 44.7 Å². The molecule has 0 bridgehead atoms. The highest BCUT2D eigenvalue weighted by Crippen LogP contribution is 2.59. The first-order chi connectivity index (χ1) is 23.2. The van der Waals surface area contributed by atoms with Gasteiger partial charge in [0.05, 0.1) is 37.4 Å². The van der Waals surface area contributed by atoms with Crippen molar-refractivity contribution >= 4 is 37.4 Å².